The third kappa shape index (κ3) is 7.89. The minimum absolute atomic E-state index is 0.0496. The molecular formula is C22H24BrClN4O3S. The highest BCUT2D eigenvalue weighted by Crippen LogP contribution is 2.30. The van der Waals surface area contributed by atoms with Crippen molar-refractivity contribution in [2.45, 2.75) is 39.0 Å². The fourth-order valence-electron chi connectivity index (χ4n) is 2.66. The Morgan fingerprint density at radius 1 is 1.00 bits per heavy atom. The summed E-state index contributed by atoms with van der Waals surface area (Å²) in [6.45, 7) is 6.24. The van der Waals surface area contributed by atoms with Gasteiger partial charge in [-0.3, -0.25) is 30.6 Å². The zero-order valence-corrected chi connectivity index (χ0v) is 21.0. The molecule has 0 unspecified atom stereocenters. The van der Waals surface area contributed by atoms with Gasteiger partial charge in [0.25, 0.3) is 5.91 Å². The summed E-state index contributed by atoms with van der Waals surface area (Å²) < 4.78 is 0.819. The number of rotatable bonds is 5. The first kappa shape index (κ1) is 25.8. The van der Waals surface area contributed by atoms with Crippen LogP contribution in [-0.4, -0.2) is 22.8 Å². The van der Waals surface area contributed by atoms with E-state index in [1.165, 1.54) is 0 Å². The lowest BCUT2D eigenvalue weighted by molar-refractivity contribution is -0.124. The highest BCUT2D eigenvalue weighted by molar-refractivity contribution is 9.10. The molecule has 7 nitrogen and oxygen atoms in total. The Bertz CT molecular complexity index is 1040. The van der Waals surface area contributed by atoms with E-state index in [1.807, 2.05) is 6.07 Å². The molecule has 32 heavy (non-hydrogen) atoms. The van der Waals surface area contributed by atoms with Crippen LogP contribution in [0.15, 0.2) is 46.9 Å². The molecule has 0 radical (unpaired) electrons. The van der Waals surface area contributed by atoms with Crippen molar-refractivity contribution in [3.63, 3.8) is 0 Å². The predicted molar refractivity (Wildman–Crippen MR) is 134 cm³/mol. The molecule has 0 fully saturated rings. The van der Waals surface area contributed by atoms with E-state index in [9.17, 15) is 14.4 Å². The van der Waals surface area contributed by atoms with Crippen LogP contribution in [0.4, 0.5) is 5.69 Å². The molecule has 2 aromatic carbocycles. The number of para-hydroxylation sites is 1. The number of hydrogen-bond donors (Lipinski definition) is 4. The smallest absolute Gasteiger partial charge is 0.257 e. The highest BCUT2D eigenvalue weighted by Gasteiger charge is 2.19. The lowest BCUT2D eigenvalue weighted by Gasteiger charge is -2.21. The van der Waals surface area contributed by atoms with Crippen molar-refractivity contribution in [3.8, 4) is 0 Å². The molecule has 2 rings (SSSR count). The molecule has 3 amide bonds. The average molecular weight is 540 g/mol. The predicted octanol–water partition coefficient (Wildman–Crippen LogP) is 4.45. The third-order valence-electron chi connectivity index (χ3n) is 4.31. The average Bonchev–Trinajstić information content (AvgIpc) is 2.71. The van der Waals surface area contributed by atoms with Gasteiger partial charge in [0, 0.05) is 22.9 Å². The Hall–Kier alpha value is -2.49. The minimum atomic E-state index is -0.465. The first-order valence-electron chi connectivity index (χ1n) is 9.72. The second-order valence-corrected chi connectivity index (χ2v) is 9.60. The number of carbonyl (C=O) groups is 3. The monoisotopic (exact) mass is 538 g/mol. The lowest BCUT2D eigenvalue weighted by Crippen LogP contribution is -2.48. The van der Waals surface area contributed by atoms with Crippen molar-refractivity contribution < 1.29 is 14.4 Å². The molecular weight excluding hydrogens is 516 g/mol. The molecule has 0 saturated heterocycles. The number of anilines is 1. The Morgan fingerprint density at radius 3 is 2.28 bits per heavy atom. The molecule has 0 atom stereocenters. The minimum Gasteiger partial charge on any atom is -0.325 e. The lowest BCUT2D eigenvalue weighted by atomic mass is 9.86. The fourth-order valence-corrected chi connectivity index (χ4v) is 3.96. The topological polar surface area (TPSA) is 99.3 Å². The number of hydrogen-bond acceptors (Lipinski definition) is 4. The quantitative estimate of drug-likeness (QED) is 0.332. The van der Waals surface area contributed by atoms with Crippen molar-refractivity contribution in [2.75, 3.05) is 5.32 Å². The summed E-state index contributed by atoms with van der Waals surface area (Å²) >= 11 is 14.5. The van der Waals surface area contributed by atoms with Gasteiger partial charge < -0.3 is 5.32 Å². The largest absolute Gasteiger partial charge is 0.325 e. The van der Waals surface area contributed by atoms with Crippen molar-refractivity contribution in [2.24, 2.45) is 0 Å². The zero-order valence-electron chi connectivity index (χ0n) is 17.8. The van der Waals surface area contributed by atoms with Crippen LogP contribution >= 0.6 is 39.7 Å². The van der Waals surface area contributed by atoms with Gasteiger partial charge in [0.05, 0.1) is 10.7 Å². The van der Waals surface area contributed by atoms with E-state index in [0.717, 1.165) is 10.0 Å². The maximum atomic E-state index is 12.4. The number of benzene rings is 2. The number of halogens is 2. The molecule has 2 aromatic rings. The van der Waals surface area contributed by atoms with Gasteiger partial charge in [-0.05, 0) is 47.5 Å². The Labute approximate surface area is 205 Å². The van der Waals surface area contributed by atoms with E-state index in [2.05, 4.69) is 58.2 Å². The molecule has 0 aliphatic rings. The Kier molecular flexibility index (Phi) is 9.18. The summed E-state index contributed by atoms with van der Waals surface area (Å²) in [4.78, 5) is 36.3. The van der Waals surface area contributed by atoms with E-state index in [1.54, 1.807) is 36.4 Å². The van der Waals surface area contributed by atoms with Gasteiger partial charge in [0.2, 0.25) is 11.8 Å². The molecule has 0 saturated carbocycles. The van der Waals surface area contributed by atoms with Crippen molar-refractivity contribution >= 4 is 68.3 Å². The molecule has 0 heterocycles. The summed E-state index contributed by atoms with van der Waals surface area (Å²) in [5, 5.41) is 5.47. The van der Waals surface area contributed by atoms with Crippen molar-refractivity contribution in [1.82, 2.24) is 16.2 Å². The van der Waals surface area contributed by atoms with Crippen LogP contribution in [0, 0.1) is 0 Å². The third-order valence-corrected chi connectivity index (χ3v) is 5.50. The second-order valence-electron chi connectivity index (χ2n) is 7.93. The molecule has 0 aliphatic carbocycles. The molecule has 0 spiro atoms. The highest BCUT2D eigenvalue weighted by atomic mass is 79.9. The zero-order chi connectivity index (χ0) is 23.9. The van der Waals surface area contributed by atoms with E-state index in [0.29, 0.717) is 16.3 Å². The van der Waals surface area contributed by atoms with Crippen LogP contribution in [0.3, 0.4) is 0 Å². The van der Waals surface area contributed by atoms with E-state index >= 15 is 0 Å². The van der Waals surface area contributed by atoms with Crippen LogP contribution in [0.1, 0.15) is 49.5 Å². The van der Waals surface area contributed by atoms with Crippen LogP contribution in [-0.2, 0) is 15.0 Å². The number of thiocarbonyl (C=S) groups is 1. The number of amides is 3. The molecule has 0 aromatic heterocycles. The van der Waals surface area contributed by atoms with Crippen molar-refractivity contribution in [1.29, 1.82) is 0 Å². The van der Waals surface area contributed by atoms with Gasteiger partial charge in [0.1, 0.15) is 0 Å². The summed E-state index contributed by atoms with van der Waals surface area (Å²) in [7, 11) is 0. The normalized spacial score (nSPS) is 10.8. The molecule has 0 aliphatic heterocycles. The van der Waals surface area contributed by atoms with Gasteiger partial charge >= 0.3 is 0 Å². The Balaban J connectivity index is 1.77. The van der Waals surface area contributed by atoms with E-state index < -0.39 is 11.8 Å². The number of carbonyl (C=O) groups excluding carboxylic acids is 3. The van der Waals surface area contributed by atoms with Gasteiger partial charge in [-0.1, -0.05) is 66.5 Å². The summed E-state index contributed by atoms with van der Waals surface area (Å²) in [6, 6.07) is 12.1. The van der Waals surface area contributed by atoms with Crippen LogP contribution in [0.2, 0.25) is 5.02 Å². The van der Waals surface area contributed by atoms with E-state index in [4.69, 9.17) is 23.8 Å². The molecule has 0 bridgehead atoms. The molecule has 170 valence electrons. The van der Waals surface area contributed by atoms with Crippen LogP contribution in [0.25, 0.3) is 0 Å². The van der Waals surface area contributed by atoms with Crippen molar-refractivity contribution in [3.05, 3.63) is 63.1 Å². The van der Waals surface area contributed by atoms with E-state index in [-0.39, 0.29) is 29.3 Å². The summed E-state index contributed by atoms with van der Waals surface area (Å²) in [5.41, 5.74) is 6.69. The second kappa shape index (κ2) is 11.4. The number of nitrogens with one attached hydrogen (secondary N) is 4. The van der Waals surface area contributed by atoms with Gasteiger partial charge in [0.15, 0.2) is 5.11 Å². The number of hydrazine groups is 1. The SMILES string of the molecule is CC(C)(C)c1ccc(C(=O)NC(=S)NNC(=O)CCC(=O)Nc2ccccc2Cl)cc1Br. The first-order valence-corrected chi connectivity index (χ1v) is 11.3. The summed E-state index contributed by atoms with van der Waals surface area (Å²) in [6.07, 6.45) is -0.132. The standard InChI is InChI=1S/C22H24BrClN4O3S/c1-22(2,3)14-9-8-13(12-15(14)23)20(31)26-21(32)28-27-19(30)11-10-18(29)25-17-7-5-4-6-16(17)24/h4-9,12H,10-11H2,1-3H3,(H,25,29)(H,27,30)(H2,26,28,31,32). The fraction of sp³-hybridized carbons (Fsp3) is 0.273. The maximum Gasteiger partial charge on any atom is 0.257 e. The summed E-state index contributed by atoms with van der Waals surface area (Å²) in [5.74, 6) is -1.24. The van der Waals surface area contributed by atoms with Gasteiger partial charge in [-0.15, -0.1) is 0 Å². The molecule has 10 heteroatoms. The first-order chi connectivity index (χ1) is 15.0. The van der Waals surface area contributed by atoms with Gasteiger partial charge in [-0.2, -0.15) is 0 Å². The van der Waals surface area contributed by atoms with Crippen LogP contribution < -0.4 is 21.5 Å². The Morgan fingerprint density at radius 2 is 1.66 bits per heavy atom. The maximum absolute atomic E-state index is 12.4. The molecule has 4 N–H and O–H groups in total. The van der Waals surface area contributed by atoms with Gasteiger partial charge in [-0.25, -0.2) is 0 Å². The van der Waals surface area contributed by atoms with Crippen LogP contribution in [0.5, 0.6) is 0 Å².